The maximum absolute atomic E-state index is 12.1. The fourth-order valence-electron chi connectivity index (χ4n) is 2.30. The second kappa shape index (κ2) is 6.89. The highest BCUT2D eigenvalue weighted by Crippen LogP contribution is 2.15. The third-order valence-electron chi connectivity index (χ3n) is 3.24. The van der Waals surface area contributed by atoms with Crippen molar-refractivity contribution in [3.05, 3.63) is 51.3 Å². The maximum Gasteiger partial charge on any atom is 0.251 e. The topological polar surface area (TPSA) is 46.9 Å². The van der Waals surface area contributed by atoms with Gasteiger partial charge in [-0.05, 0) is 57.0 Å². The van der Waals surface area contributed by atoms with Crippen LogP contribution in [0.4, 0.5) is 0 Å². The van der Waals surface area contributed by atoms with Gasteiger partial charge in [0, 0.05) is 28.8 Å². The van der Waals surface area contributed by atoms with Crippen molar-refractivity contribution < 1.29 is 4.79 Å². The van der Waals surface area contributed by atoms with E-state index >= 15 is 0 Å². The number of aryl methyl sites for hydroxylation is 4. The number of amides is 1. The van der Waals surface area contributed by atoms with Gasteiger partial charge in [0.05, 0.1) is 5.69 Å². The molecule has 5 heteroatoms. The molecule has 1 aromatic carbocycles. The molecule has 2 aromatic rings. The van der Waals surface area contributed by atoms with Crippen molar-refractivity contribution in [3.63, 3.8) is 0 Å². The summed E-state index contributed by atoms with van der Waals surface area (Å²) in [6.07, 6.45) is 0.862. The number of halogens is 1. The smallest absolute Gasteiger partial charge is 0.251 e. The van der Waals surface area contributed by atoms with Crippen molar-refractivity contribution >= 4 is 21.8 Å². The highest BCUT2D eigenvalue weighted by molar-refractivity contribution is 9.10. The summed E-state index contributed by atoms with van der Waals surface area (Å²) in [6.45, 7) is 7.47. The van der Waals surface area contributed by atoms with Crippen molar-refractivity contribution in [2.75, 3.05) is 6.54 Å². The minimum Gasteiger partial charge on any atom is -0.352 e. The molecule has 0 aliphatic carbocycles. The molecule has 1 aromatic heterocycles. The molecule has 0 atom stereocenters. The van der Waals surface area contributed by atoms with E-state index in [0.29, 0.717) is 12.1 Å². The van der Waals surface area contributed by atoms with E-state index in [2.05, 4.69) is 32.4 Å². The Hall–Kier alpha value is -1.62. The molecule has 1 heterocycles. The van der Waals surface area contributed by atoms with Crippen LogP contribution >= 0.6 is 15.9 Å². The van der Waals surface area contributed by atoms with E-state index in [1.165, 1.54) is 0 Å². The highest BCUT2D eigenvalue weighted by Gasteiger charge is 2.07. The summed E-state index contributed by atoms with van der Waals surface area (Å²) >= 11 is 3.41. The Morgan fingerprint density at radius 2 is 2.00 bits per heavy atom. The summed E-state index contributed by atoms with van der Waals surface area (Å²) in [4.78, 5) is 12.1. The van der Waals surface area contributed by atoms with Crippen molar-refractivity contribution in [1.82, 2.24) is 15.1 Å². The normalized spacial score (nSPS) is 10.7. The number of aromatic nitrogens is 2. The fraction of sp³-hybridized carbons (Fsp3) is 0.375. The van der Waals surface area contributed by atoms with E-state index in [4.69, 9.17) is 0 Å². The van der Waals surface area contributed by atoms with Crippen LogP contribution in [0.3, 0.4) is 0 Å². The zero-order chi connectivity index (χ0) is 15.4. The lowest BCUT2D eigenvalue weighted by Crippen LogP contribution is -2.25. The highest BCUT2D eigenvalue weighted by atomic mass is 79.9. The molecule has 21 heavy (non-hydrogen) atoms. The zero-order valence-corrected chi connectivity index (χ0v) is 14.2. The molecule has 2 rings (SSSR count). The number of hydrogen-bond acceptors (Lipinski definition) is 2. The van der Waals surface area contributed by atoms with Gasteiger partial charge in [-0.25, -0.2) is 0 Å². The van der Waals surface area contributed by atoms with Crippen LogP contribution in [0.2, 0.25) is 0 Å². The molecule has 0 radical (unpaired) electrons. The number of carbonyl (C=O) groups is 1. The van der Waals surface area contributed by atoms with Crippen LogP contribution in [-0.2, 0) is 6.54 Å². The summed E-state index contributed by atoms with van der Waals surface area (Å²) in [5, 5.41) is 7.36. The number of nitrogens with zero attached hydrogens (tertiary/aromatic N) is 2. The van der Waals surface area contributed by atoms with E-state index < -0.39 is 0 Å². The second-order valence-corrected chi connectivity index (χ2v) is 6.19. The van der Waals surface area contributed by atoms with Gasteiger partial charge in [0.25, 0.3) is 5.91 Å². The third-order valence-corrected chi connectivity index (χ3v) is 3.70. The van der Waals surface area contributed by atoms with E-state index in [0.717, 1.165) is 34.4 Å². The molecular weight excluding hydrogens is 330 g/mol. The Morgan fingerprint density at radius 1 is 1.24 bits per heavy atom. The monoisotopic (exact) mass is 349 g/mol. The van der Waals surface area contributed by atoms with Crippen molar-refractivity contribution in [2.24, 2.45) is 0 Å². The minimum absolute atomic E-state index is 0.0345. The first kappa shape index (κ1) is 15.8. The van der Waals surface area contributed by atoms with Gasteiger partial charge >= 0.3 is 0 Å². The Bertz CT molecular complexity index is 629. The number of rotatable bonds is 5. The van der Waals surface area contributed by atoms with Crippen LogP contribution in [0, 0.1) is 20.8 Å². The summed E-state index contributed by atoms with van der Waals surface area (Å²) in [5.41, 5.74) is 3.94. The van der Waals surface area contributed by atoms with E-state index in [9.17, 15) is 4.79 Å². The Balaban J connectivity index is 1.83. The van der Waals surface area contributed by atoms with Crippen LogP contribution in [0.15, 0.2) is 28.7 Å². The molecule has 0 spiro atoms. The van der Waals surface area contributed by atoms with Crippen molar-refractivity contribution in [2.45, 2.75) is 33.7 Å². The van der Waals surface area contributed by atoms with Gasteiger partial charge in [0.15, 0.2) is 0 Å². The van der Waals surface area contributed by atoms with Crippen LogP contribution in [-0.4, -0.2) is 22.2 Å². The first-order valence-electron chi connectivity index (χ1n) is 7.02. The lowest BCUT2D eigenvalue weighted by Gasteiger charge is -2.08. The molecule has 0 saturated carbocycles. The molecule has 0 bridgehead atoms. The SMILES string of the molecule is Cc1cc(Br)cc(C(=O)NCCCn2nc(C)cc2C)c1. The quantitative estimate of drug-likeness (QED) is 0.841. The standard InChI is InChI=1S/C16H20BrN3O/c1-11-7-14(10-15(17)8-11)16(21)18-5-4-6-20-13(3)9-12(2)19-20/h7-10H,4-6H2,1-3H3,(H,18,21). The van der Waals surface area contributed by atoms with Crippen LogP contribution in [0.5, 0.6) is 0 Å². The van der Waals surface area contributed by atoms with Gasteiger partial charge in [-0.15, -0.1) is 0 Å². The first-order chi connectivity index (χ1) is 9.95. The average Bonchev–Trinajstić information content (AvgIpc) is 2.71. The molecule has 112 valence electrons. The molecule has 1 amide bonds. The van der Waals surface area contributed by atoms with Gasteiger partial charge in [0.2, 0.25) is 0 Å². The zero-order valence-electron chi connectivity index (χ0n) is 12.6. The minimum atomic E-state index is -0.0345. The van der Waals surface area contributed by atoms with Gasteiger partial charge in [-0.3, -0.25) is 9.48 Å². The lowest BCUT2D eigenvalue weighted by molar-refractivity contribution is 0.0952. The molecule has 0 fully saturated rings. The largest absolute Gasteiger partial charge is 0.352 e. The van der Waals surface area contributed by atoms with Crippen molar-refractivity contribution in [1.29, 1.82) is 0 Å². The van der Waals surface area contributed by atoms with Gasteiger partial charge in [0.1, 0.15) is 0 Å². The van der Waals surface area contributed by atoms with Gasteiger partial charge in [-0.1, -0.05) is 15.9 Å². The predicted octanol–water partition coefficient (Wildman–Crippen LogP) is 3.39. The van der Waals surface area contributed by atoms with Gasteiger partial charge in [-0.2, -0.15) is 5.10 Å². The molecular formula is C16H20BrN3O. The molecule has 1 N–H and O–H groups in total. The fourth-order valence-corrected chi connectivity index (χ4v) is 2.91. The van der Waals surface area contributed by atoms with E-state index in [1.807, 2.05) is 43.7 Å². The summed E-state index contributed by atoms with van der Waals surface area (Å²) in [5.74, 6) is -0.0345. The van der Waals surface area contributed by atoms with Crippen LogP contribution < -0.4 is 5.32 Å². The van der Waals surface area contributed by atoms with E-state index in [1.54, 1.807) is 0 Å². The summed E-state index contributed by atoms with van der Waals surface area (Å²) < 4.78 is 2.90. The third kappa shape index (κ3) is 4.43. The Morgan fingerprint density at radius 3 is 2.62 bits per heavy atom. The number of nitrogens with one attached hydrogen (secondary N) is 1. The van der Waals surface area contributed by atoms with Crippen LogP contribution in [0.25, 0.3) is 0 Å². The molecule has 0 aliphatic rings. The number of benzene rings is 1. The molecule has 4 nitrogen and oxygen atoms in total. The van der Waals surface area contributed by atoms with Gasteiger partial charge < -0.3 is 5.32 Å². The molecule has 0 aliphatic heterocycles. The summed E-state index contributed by atoms with van der Waals surface area (Å²) in [7, 11) is 0. The Labute approximate surface area is 133 Å². The number of carbonyl (C=O) groups excluding carboxylic acids is 1. The summed E-state index contributed by atoms with van der Waals surface area (Å²) in [6, 6.07) is 7.77. The first-order valence-corrected chi connectivity index (χ1v) is 7.81. The van der Waals surface area contributed by atoms with Crippen molar-refractivity contribution in [3.8, 4) is 0 Å². The van der Waals surface area contributed by atoms with Crippen LogP contribution in [0.1, 0.15) is 33.7 Å². The average molecular weight is 350 g/mol. The predicted molar refractivity (Wildman–Crippen MR) is 87.5 cm³/mol. The number of hydrogen-bond donors (Lipinski definition) is 1. The maximum atomic E-state index is 12.1. The second-order valence-electron chi connectivity index (χ2n) is 5.28. The Kier molecular flexibility index (Phi) is 5.17. The van der Waals surface area contributed by atoms with E-state index in [-0.39, 0.29) is 5.91 Å². The molecule has 0 saturated heterocycles. The lowest BCUT2D eigenvalue weighted by atomic mass is 10.1. The molecule has 0 unspecified atom stereocenters.